The fourth-order valence-corrected chi connectivity index (χ4v) is 15.2. The zero-order valence-corrected chi connectivity index (χ0v) is 46.0. The molecule has 3 aromatic carbocycles. The third-order valence-corrected chi connectivity index (χ3v) is 20.0. The number of hydrogen-bond donors (Lipinski definition) is 4. The molecule has 19 heteroatoms. The second-order valence-electron chi connectivity index (χ2n) is 24.0. The van der Waals surface area contributed by atoms with Crippen LogP contribution in [0.1, 0.15) is 125 Å². The number of H-pyrrole nitrogens is 1. The average molecular weight is 1090 g/mol. The van der Waals surface area contributed by atoms with Gasteiger partial charge >= 0.3 is 0 Å². The predicted octanol–water partition coefficient (Wildman–Crippen LogP) is 9.04. The highest BCUT2D eigenvalue weighted by Crippen LogP contribution is 2.55. The highest BCUT2D eigenvalue weighted by atomic mass is 32.2. The zero-order valence-electron chi connectivity index (χ0n) is 45.2. The van der Waals surface area contributed by atoms with E-state index in [4.69, 9.17) is 19.2 Å². The summed E-state index contributed by atoms with van der Waals surface area (Å²) < 4.78 is 49.1. The Kier molecular flexibility index (Phi) is 14.5. The summed E-state index contributed by atoms with van der Waals surface area (Å²) in [6.07, 6.45) is 11.5. The predicted molar refractivity (Wildman–Crippen MR) is 299 cm³/mol. The lowest BCUT2D eigenvalue weighted by Crippen LogP contribution is -2.59. The molecule has 1 amide bonds. The number of amides is 1. The van der Waals surface area contributed by atoms with E-state index in [2.05, 4.69) is 72.7 Å². The van der Waals surface area contributed by atoms with Crippen LogP contribution in [0.2, 0.25) is 0 Å². The van der Waals surface area contributed by atoms with E-state index in [1.165, 1.54) is 42.5 Å². The molecule has 6 fully saturated rings. The number of nitrogens with one attached hydrogen (secondary N) is 3. The lowest BCUT2D eigenvalue weighted by atomic mass is 9.59. The van der Waals surface area contributed by atoms with Gasteiger partial charge in [-0.2, -0.15) is 4.98 Å². The van der Waals surface area contributed by atoms with Gasteiger partial charge in [0, 0.05) is 87.3 Å². The average Bonchev–Trinajstić information content (AvgIpc) is 3.92. The van der Waals surface area contributed by atoms with E-state index < -0.39 is 43.1 Å². The SMILES string of the molecule is CC(C)c1ccccc1[C@H]1C[C@@H](N2CCOCC2)CCN1C1CC2(CCN(c3ccc(C(=O)NS(=O)(=O)c4ccc(NCC5CCC(C)(O)CC5)c([N+](=O)[O-])c4)c(N4c5cc6cc[nH]c6nc5O[C@H]5COCC[C@@H]54)c3)CC2)C1. The second-order valence-corrected chi connectivity index (χ2v) is 25.7. The minimum absolute atomic E-state index is 0.120. The van der Waals surface area contributed by atoms with Gasteiger partial charge < -0.3 is 39.4 Å². The first-order valence-corrected chi connectivity index (χ1v) is 30.0. The number of anilines is 4. The molecule has 12 rings (SSSR count). The summed E-state index contributed by atoms with van der Waals surface area (Å²) in [6, 6.07) is 23.5. The van der Waals surface area contributed by atoms with Crippen LogP contribution in [0.5, 0.6) is 5.88 Å². The van der Waals surface area contributed by atoms with E-state index in [0.717, 1.165) is 95.2 Å². The first-order chi connectivity index (χ1) is 37.6. The number of piperidine rings is 2. The molecule has 0 bridgehead atoms. The highest BCUT2D eigenvalue weighted by Gasteiger charge is 2.51. The van der Waals surface area contributed by atoms with Gasteiger partial charge in [0.1, 0.15) is 23.1 Å². The van der Waals surface area contributed by atoms with E-state index in [9.17, 15) is 28.4 Å². The van der Waals surface area contributed by atoms with Gasteiger partial charge in [-0.05, 0) is 148 Å². The Labute approximate surface area is 457 Å². The molecule has 4 atom stereocenters. The number of benzene rings is 3. The molecule has 416 valence electrons. The smallest absolute Gasteiger partial charge is 0.293 e. The summed E-state index contributed by atoms with van der Waals surface area (Å²) in [4.78, 5) is 44.3. The standard InChI is InChI=1S/C59H75N9O9S/c1-38(2)45-6-4-5-7-46(45)50-31-42(65-25-28-75-29-26-65)15-22-66(50)43-34-59(35-43)19-23-64(24-20-59)41-8-10-47(51(32-41)67-49-16-27-76-37-54(49)77-57-53(67)30-40-14-21-60-55(40)62-57)56(69)63-78(73,74)44-9-11-48(52(33-44)68(71)72)61-36-39-12-17-58(3,70)18-13-39/h4-11,14,21,30,32-33,38-39,42-43,49-50,54,61,70H,12-13,15-20,22-29,31,34-37H2,1-3H3,(H,60,62)(H,63,69)/t39?,42-,49-,50+,54-,58?/m0/s1. The lowest BCUT2D eigenvalue weighted by Gasteiger charge is -2.58. The summed E-state index contributed by atoms with van der Waals surface area (Å²) in [5.74, 6) is 0.140. The number of ether oxygens (including phenoxy) is 3. The Balaban J connectivity index is 0.806. The third-order valence-electron chi connectivity index (χ3n) is 18.7. The van der Waals surface area contributed by atoms with Gasteiger partial charge in [-0.1, -0.05) is 38.1 Å². The molecule has 5 aliphatic heterocycles. The number of morpholine rings is 1. The molecule has 0 radical (unpaired) electrons. The Bertz CT molecular complexity index is 3140. The molecule has 18 nitrogen and oxygen atoms in total. The molecule has 4 saturated heterocycles. The second kappa shape index (κ2) is 21.3. The number of aliphatic hydroxyl groups is 1. The van der Waals surface area contributed by atoms with E-state index in [1.54, 1.807) is 6.07 Å². The van der Waals surface area contributed by atoms with Crippen molar-refractivity contribution in [3.63, 3.8) is 0 Å². The van der Waals surface area contributed by atoms with Crippen molar-refractivity contribution < 1.29 is 37.5 Å². The number of aromatic amines is 1. The highest BCUT2D eigenvalue weighted by molar-refractivity contribution is 7.90. The number of hydrogen-bond acceptors (Lipinski definition) is 15. The Morgan fingerprint density at radius 2 is 1.68 bits per heavy atom. The number of likely N-dealkylation sites (tertiary alicyclic amines) is 1. The van der Waals surface area contributed by atoms with Crippen LogP contribution in [0.3, 0.4) is 0 Å². The lowest BCUT2D eigenvalue weighted by molar-refractivity contribution is -0.384. The maximum absolute atomic E-state index is 14.8. The molecule has 4 N–H and O–H groups in total. The maximum Gasteiger partial charge on any atom is 0.293 e. The summed E-state index contributed by atoms with van der Waals surface area (Å²) in [6.45, 7) is 14.1. The molecule has 7 aliphatic rings. The first-order valence-electron chi connectivity index (χ1n) is 28.5. The number of nitro benzene ring substituents is 1. The molecule has 2 aromatic heterocycles. The van der Waals surface area contributed by atoms with Crippen molar-refractivity contribution in [2.24, 2.45) is 11.3 Å². The van der Waals surface area contributed by atoms with E-state index in [0.29, 0.717) is 86.0 Å². The number of fused-ring (bicyclic) bond motifs is 3. The summed E-state index contributed by atoms with van der Waals surface area (Å²) in [5, 5.41) is 26.9. The molecule has 78 heavy (non-hydrogen) atoms. The van der Waals surface area contributed by atoms with Gasteiger partial charge in [0.15, 0.2) is 0 Å². The number of carbonyl (C=O) groups excluding carboxylic acids is 1. The summed E-state index contributed by atoms with van der Waals surface area (Å²) >= 11 is 0. The molecule has 2 aliphatic carbocycles. The van der Waals surface area contributed by atoms with Crippen molar-refractivity contribution in [2.75, 3.05) is 80.8 Å². The van der Waals surface area contributed by atoms with Crippen LogP contribution >= 0.6 is 0 Å². The fourth-order valence-electron chi connectivity index (χ4n) is 14.2. The third kappa shape index (κ3) is 10.5. The number of sulfonamides is 1. The van der Waals surface area contributed by atoms with E-state index >= 15 is 0 Å². The minimum atomic E-state index is -4.63. The zero-order chi connectivity index (χ0) is 53.9. The summed E-state index contributed by atoms with van der Waals surface area (Å²) in [5.41, 5.74) is 5.09. The molecule has 5 aromatic rings. The van der Waals surface area contributed by atoms with Crippen LogP contribution in [0.25, 0.3) is 11.0 Å². The van der Waals surface area contributed by atoms with Crippen LogP contribution in [-0.2, 0) is 19.5 Å². The molecular formula is C59H75N9O9S. The number of pyridine rings is 1. The van der Waals surface area contributed by atoms with E-state index in [1.807, 2.05) is 37.4 Å². The maximum atomic E-state index is 14.8. The number of nitro groups is 1. The molecule has 1 spiro atoms. The minimum Gasteiger partial charge on any atom is -0.468 e. The van der Waals surface area contributed by atoms with Gasteiger partial charge in [-0.25, -0.2) is 13.1 Å². The Hall–Kier alpha value is -5.83. The normalized spacial score (nSPS) is 27.0. The van der Waals surface area contributed by atoms with Crippen molar-refractivity contribution in [2.45, 2.75) is 138 Å². The van der Waals surface area contributed by atoms with Crippen LogP contribution in [0.15, 0.2) is 83.9 Å². The van der Waals surface area contributed by atoms with Crippen molar-refractivity contribution in [1.29, 1.82) is 0 Å². The van der Waals surface area contributed by atoms with Crippen molar-refractivity contribution in [3.8, 4) is 5.88 Å². The van der Waals surface area contributed by atoms with Crippen molar-refractivity contribution in [1.82, 2.24) is 24.5 Å². The van der Waals surface area contributed by atoms with Crippen LogP contribution in [-0.4, -0.2) is 140 Å². The van der Waals surface area contributed by atoms with Crippen LogP contribution in [0, 0.1) is 21.4 Å². The van der Waals surface area contributed by atoms with Gasteiger partial charge in [0.05, 0.1) is 52.5 Å². The number of carbonyl (C=O) groups is 1. The molecule has 2 saturated carbocycles. The largest absolute Gasteiger partial charge is 0.468 e. The molecule has 0 unspecified atom stereocenters. The molecule has 7 heterocycles. The van der Waals surface area contributed by atoms with Gasteiger partial charge in [-0.15, -0.1) is 0 Å². The van der Waals surface area contributed by atoms with Crippen molar-refractivity contribution in [3.05, 3.63) is 106 Å². The first kappa shape index (κ1) is 52.8. The number of aromatic nitrogens is 2. The Morgan fingerprint density at radius 3 is 2.45 bits per heavy atom. The number of rotatable bonds is 13. The monoisotopic (exact) mass is 1090 g/mol. The summed E-state index contributed by atoms with van der Waals surface area (Å²) in [7, 11) is -4.63. The van der Waals surface area contributed by atoms with Crippen LogP contribution in [0.4, 0.5) is 28.4 Å². The van der Waals surface area contributed by atoms with Gasteiger partial charge in [0.2, 0.25) is 5.88 Å². The van der Waals surface area contributed by atoms with Gasteiger partial charge in [0.25, 0.3) is 21.6 Å². The van der Waals surface area contributed by atoms with Crippen molar-refractivity contribution >= 4 is 55.4 Å². The van der Waals surface area contributed by atoms with Gasteiger partial charge in [-0.3, -0.25) is 24.7 Å². The Morgan fingerprint density at radius 1 is 0.897 bits per heavy atom. The quantitative estimate of drug-likeness (QED) is 0.0641. The topological polar surface area (TPSA) is 208 Å². The number of nitrogens with zero attached hydrogens (tertiary/aromatic N) is 6. The van der Waals surface area contributed by atoms with Crippen LogP contribution < -0.4 is 24.6 Å². The molecular weight excluding hydrogens is 1010 g/mol. The van der Waals surface area contributed by atoms with E-state index in [-0.39, 0.29) is 28.6 Å². The fraction of sp³-hybridized carbons (Fsp3) is 0.559.